The zero-order chi connectivity index (χ0) is 15.0. The quantitative estimate of drug-likeness (QED) is 0.793. The number of hydrogen-bond acceptors (Lipinski definition) is 1. The molecule has 0 aliphatic rings. The molecule has 0 unspecified atom stereocenters. The Balaban J connectivity index is 2.12. The van der Waals surface area contributed by atoms with Crippen molar-refractivity contribution >= 4 is 16.9 Å². The van der Waals surface area contributed by atoms with Crippen LogP contribution in [0.2, 0.25) is 0 Å². The van der Waals surface area contributed by atoms with E-state index in [-0.39, 0.29) is 5.56 Å². The van der Waals surface area contributed by atoms with Gasteiger partial charge in [0.25, 0.3) is 0 Å². The van der Waals surface area contributed by atoms with E-state index in [0.29, 0.717) is 17.4 Å². The molecule has 2 aromatic carbocycles. The Bertz CT molecular complexity index is 819. The van der Waals surface area contributed by atoms with Crippen LogP contribution in [0.15, 0.2) is 48.7 Å². The molecule has 1 heterocycles. The van der Waals surface area contributed by atoms with Crippen molar-refractivity contribution in [3.8, 4) is 0 Å². The molecule has 0 radical (unpaired) electrons. The molecule has 0 saturated heterocycles. The Hall–Kier alpha value is -2.62. The molecule has 4 heteroatoms. The van der Waals surface area contributed by atoms with Gasteiger partial charge >= 0.3 is 5.97 Å². The summed E-state index contributed by atoms with van der Waals surface area (Å²) < 4.78 is 15.6. The van der Waals surface area contributed by atoms with Crippen LogP contribution in [0.25, 0.3) is 10.9 Å². The molecule has 0 bridgehead atoms. The van der Waals surface area contributed by atoms with Gasteiger partial charge in [-0.3, -0.25) is 0 Å². The summed E-state index contributed by atoms with van der Waals surface area (Å²) in [6.07, 6.45) is 1.72. The van der Waals surface area contributed by atoms with Gasteiger partial charge in [-0.15, -0.1) is 0 Å². The van der Waals surface area contributed by atoms with Crippen molar-refractivity contribution in [3.05, 3.63) is 71.2 Å². The second kappa shape index (κ2) is 5.05. The molecule has 21 heavy (non-hydrogen) atoms. The van der Waals surface area contributed by atoms with Gasteiger partial charge in [0, 0.05) is 18.1 Å². The second-order valence-corrected chi connectivity index (χ2v) is 5.09. The standard InChI is InChI=1S/C17H14FNO2/c1-11-2-4-12(5-3-11)10-19-9-8-13-15(18)7-6-14(16(13)19)17(20)21/h2-9H,10H2,1H3,(H,20,21). The summed E-state index contributed by atoms with van der Waals surface area (Å²) in [7, 11) is 0. The van der Waals surface area contributed by atoms with Crippen molar-refractivity contribution in [1.82, 2.24) is 4.57 Å². The predicted octanol–water partition coefficient (Wildman–Crippen LogP) is 3.84. The van der Waals surface area contributed by atoms with Crippen LogP contribution < -0.4 is 0 Å². The lowest BCUT2D eigenvalue weighted by molar-refractivity contribution is 0.0698. The van der Waals surface area contributed by atoms with Crippen molar-refractivity contribution in [2.45, 2.75) is 13.5 Å². The number of aryl methyl sites for hydroxylation is 1. The number of carboxylic acid groups (broad SMARTS) is 1. The van der Waals surface area contributed by atoms with Crippen molar-refractivity contribution in [1.29, 1.82) is 0 Å². The van der Waals surface area contributed by atoms with Crippen LogP contribution in [-0.2, 0) is 6.54 Å². The molecule has 3 rings (SSSR count). The van der Waals surface area contributed by atoms with E-state index in [1.54, 1.807) is 16.8 Å². The first-order valence-corrected chi connectivity index (χ1v) is 6.62. The number of carbonyl (C=O) groups is 1. The fourth-order valence-corrected chi connectivity index (χ4v) is 2.48. The summed E-state index contributed by atoms with van der Waals surface area (Å²) in [5.41, 5.74) is 2.73. The first-order valence-electron chi connectivity index (χ1n) is 6.62. The van der Waals surface area contributed by atoms with Gasteiger partial charge in [0.05, 0.1) is 11.1 Å². The van der Waals surface area contributed by atoms with Gasteiger partial charge in [-0.05, 0) is 30.7 Å². The molecule has 0 saturated carbocycles. The van der Waals surface area contributed by atoms with E-state index in [4.69, 9.17) is 0 Å². The summed E-state index contributed by atoms with van der Waals surface area (Å²) in [6.45, 7) is 2.51. The molecule has 0 amide bonds. The minimum absolute atomic E-state index is 0.114. The summed E-state index contributed by atoms with van der Waals surface area (Å²) in [4.78, 5) is 11.3. The van der Waals surface area contributed by atoms with E-state index < -0.39 is 11.8 Å². The number of fused-ring (bicyclic) bond motifs is 1. The summed E-state index contributed by atoms with van der Waals surface area (Å²) in [5.74, 6) is -1.46. The lowest BCUT2D eigenvalue weighted by Crippen LogP contribution is -2.04. The highest BCUT2D eigenvalue weighted by Crippen LogP contribution is 2.24. The number of aromatic carboxylic acids is 1. The van der Waals surface area contributed by atoms with Gasteiger partial charge in [0.15, 0.2) is 0 Å². The average Bonchev–Trinajstić information content (AvgIpc) is 2.86. The number of carboxylic acids is 1. The van der Waals surface area contributed by atoms with E-state index in [1.807, 2.05) is 31.2 Å². The van der Waals surface area contributed by atoms with E-state index in [2.05, 4.69) is 0 Å². The third-order valence-electron chi connectivity index (χ3n) is 3.58. The van der Waals surface area contributed by atoms with Gasteiger partial charge < -0.3 is 9.67 Å². The zero-order valence-electron chi connectivity index (χ0n) is 11.5. The van der Waals surface area contributed by atoms with Gasteiger partial charge in [-0.1, -0.05) is 29.8 Å². The number of halogens is 1. The minimum atomic E-state index is -1.05. The molecule has 0 spiro atoms. The van der Waals surface area contributed by atoms with Gasteiger partial charge in [-0.2, -0.15) is 0 Å². The molecule has 1 N–H and O–H groups in total. The predicted molar refractivity (Wildman–Crippen MR) is 79.1 cm³/mol. The molecule has 0 aliphatic heterocycles. The van der Waals surface area contributed by atoms with Crippen LogP contribution in [0.4, 0.5) is 4.39 Å². The fourth-order valence-electron chi connectivity index (χ4n) is 2.48. The Morgan fingerprint density at radius 2 is 1.86 bits per heavy atom. The van der Waals surface area contributed by atoms with Crippen LogP contribution >= 0.6 is 0 Å². The highest BCUT2D eigenvalue weighted by atomic mass is 19.1. The molecule has 3 nitrogen and oxygen atoms in total. The third-order valence-corrected chi connectivity index (χ3v) is 3.58. The topological polar surface area (TPSA) is 42.2 Å². The number of nitrogens with zero attached hydrogens (tertiary/aromatic N) is 1. The summed E-state index contributed by atoms with van der Waals surface area (Å²) in [5, 5.41) is 9.62. The fraction of sp³-hybridized carbons (Fsp3) is 0.118. The number of benzene rings is 2. The van der Waals surface area contributed by atoms with Crippen molar-refractivity contribution < 1.29 is 14.3 Å². The van der Waals surface area contributed by atoms with Crippen molar-refractivity contribution in [2.24, 2.45) is 0 Å². The Kier molecular flexibility index (Phi) is 3.22. The maximum absolute atomic E-state index is 13.8. The average molecular weight is 283 g/mol. The lowest BCUT2D eigenvalue weighted by Gasteiger charge is -2.08. The maximum Gasteiger partial charge on any atom is 0.337 e. The van der Waals surface area contributed by atoms with Gasteiger partial charge in [0.1, 0.15) is 5.82 Å². The van der Waals surface area contributed by atoms with Crippen LogP contribution in [0.5, 0.6) is 0 Å². The molecule has 0 atom stereocenters. The normalized spacial score (nSPS) is 11.0. The highest BCUT2D eigenvalue weighted by molar-refractivity contribution is 6.02. The minimum Gasteiger partial charge on any atom is -0.478 e. The molecule has 0 aliphatic carbocycles. The van der Waals surface area contributed by atoms with Gasteiger partial charge in [0.2, 0.25) is 0 Å². The van der Waals surface area contributed by atoms with Gasteiger partial charge in [-0.25, -0.2) is 9.18 Å². The molecular formula is C17H14FNO2. The Labute approximate surface area is 121 Å². The van der Waals surface area contributed by atoms with Crippen LogP contribution in [0.3, 0.4) is 0 Å². The van der Waals surface area contributed by atoms with Crippen LogP contribution in [0.1, 0.15) is 21.5 Å². The van der Waals surface area contributed by atoms with E-state index in [9.17, 15) is 14.3 Å². The van der Waals surface area contributed by atoms with Crippen molar-refractivity contribution in [2.75, 3.05) is 0 Å². The Morgan fingerprint density at radius 3 is 2.52 bits per heavy atom. The molecule has 1 aromatic heterocycles. The summed E-state index contributed by atoms with van der Waals surface area (Å²) in [6, 6.07) is 12.1. The zero-order valence-corrected chi connectivity index (χ0v) is 11.5. The van der Waals surface area contributed by atoms with E-state index in [1.165, 1.54) is 12.1 Å². The third kappa shape index (κ3) is 2.40. The van der Waals surface area contributed by atoms with Crippen LogP contribution in [0, 0.1) is 12.7 Å². The number of hydrogen-bond donors (Lipinski definition) is 1. The molecule has 3 aromatic rings. The monoisotopic (exact) mass is 283 g/mol. The van der Waals surface area contributed by atoms with Crippen LogP contribution in [-0.4, -0.2) is 15.6 Å². The van der Waals surface area contributed by atoms with E-state index in [0.717, 1.165) is 11.1 Å². The molecular weight excluding hydrogens is 269 g/mol. The molecule has 106 valence electrons. The van der Waals surface area contributed by atoms with Crippen molar-refractivity contribution in [3.63, 3.8) is 0 Å². The highest BCUT2D eigenvalue weighted by Gasteiger charge is 2.15. The first-order chi connectivity index (χ1) is 10.1. The number of rotatable bonds is 3. The smallest absolute Gasteiger partial charge is 0.337 e. The number of aromatic nitrogens is 1. The summed E-state index contributed by atoms with van der Waals surface area (Å²) >= 11 is 0. The maximum atomic E-state index is 13.8. The Morgan fingerprint density at radius 1 is 1.14 bits per heavy atom. The largest absolute Gasteiger partial charge is 0.478 e. The SMILES string of the molecule is Cc1ccc(Cn2ccc3c(F)ccc(C(=O)O)c32)cc1. The molecule has 0 fully saturated rings. The lowest BCUT2D eigenvalue weighted by atomic mass is 10.1. The van der Waals surface area contributed by atoms with E-state index >= 15 is 0 Å². The first kappa shape index (κ1) is 13.4. The second-order valence-electron chi connectivity index (χ2n) is 5.09.